The fourth-order valence-corrected chi connectivity index (χ4v) is 2.66. The van der Waals surface area contributed by atoms with Crippen molar-refractivity contribution >= 4 is 17.2 Å². The van der Waals surface area contributed by atoms with Gasteiger partial charge in [0.15, 0.2) is 0 Å². The van der Waals surface area contributed by atoms with E-state index in [0.29, 0.717) is 0 Å². The van der Waals surface area contributed by atoms with E-state index in [0.717, 1.165) is 44.1 Å². The van der Waals surface area contributed by atoms with Crippen LogP contribution in [0, 0.1) is 0 Å². The molecule has 0 fully saturated rings. The van der Waals surface area contributed by atoms with Crippen molar-refractivity contribution in [1.29, 1.82) is 0 Å². The number of hydrogen-bond donors (Lipinski definition) is 1. The monoisotopic (exact) mass is 290 g/mol. The summed E-state index contributed by atoms with van der Waals surface area (Å²) >= 11 is 1.80. The number of nitrogens with one attached hydrogen (secondary N) is 1. The van der Waals surface area contributed by atoms with Crippen molar-refractivity contribution in [2.24, 2.45) is 0 Å². The topological polar surface area (TPSA) is 41.1 Å². The van der Waals surface area contributed by atoms with Gasteiger partial charge in [-0.05, 0) is 24.4 Å². The molecule has 0 spiro atoms. The third kappa shape index (κ3) is 4.58. The number of hydrogen-bond acceptors (Lipinski definition) is 5. The van der Waals surface area contributed by atoms with Gasteiger partial charge in [0.05, 0.1) is 18.1 Å². The standard InChI is InChI=1S/C15H22N4S/c1-3-7-16-15-10-17-13(9-18-15)11-19(4-2)12-14-6-5-8-20-14/h5-6,8-10H,3-4,7,11-12H2,1-2H3,(H,16,18). The first kappa shape index (κ1) is 14.9. The van der Waals surface area contributed by atoms with Gasteiger partial charge in [0.2, 0.25) is 0 Å². The molecule has 2 aromatic rings. The molecular formula is C15H22N4S. The van der Waals surface area contributed by atoms with Gasteiger partial charge in [-0.15, -0.1) is 11.3 Å². The number of anilines is 1. The van der Waals surface area contributed by atoms with Crippen molar-refractivity contribution in [1.82, 2.24) is 14.9 Å². The molecule has 20 heavy (non-hydrogen) atoms. The summed E-state index contributed by atoms with van der Waals surface area (Å²) in [5.41, 5.74) is 1.02. The van der Waals surface area contributed by atoms with Crippen LogP contribution in [0.2, 0.25) is 0 Å². The van der Waals surface area contributed by atoms with Crippen molar-refractivity contribution in [3.05, 3.63) is 40.5 Å². The maximum absolute atomic E-state index is 4.49. The summed E-state index contributed by atoms with van der Waals surface area (Å²) in [6.07, 6.45) is 4.78. The highest BCUT2D eigenvalue weighted by molar-refractivity contribution is 7.09. The van der Waals surface area contributed by atoms with E-state index >= 15 is 0 Å². The minimum atomic E-state index is 0.843. The van der Waals surface area contributed by atoms with Gasteiger partial charge in [-0.3, -0.25) is 9.88 Å². The number of aromatic nitrogens is 2. The molecule has 1 N–H and O–H groups in total. The smallest absolute Gasteiger partial charge is 0.144 e. The van der Waals surface area contributed by atoms with Gasteiger partial charge in [-0.25, -0.2) is 4.98 Å². The van der Waals surface area contributed by atoms with Gasteiger partial charge in [-0.1, -0.05) is 19.9 Å². The molecule has 0 radical (unpaired) electrons. The average molecular weight is 290 g/mol. The van der Waals surface area contributed by atoms with Crippen molar-refractivity contribution < 1.29 is 0 Å². The van der Waals surface area contributed by atoms with E-state index < -0.39 is 0 Å². The Hall–Kier alpha value is -1.46. The molecule has 0 aromatic carbocycles. The molecule has 0 aliphatic carbocycles. The molecule has 0 atom stereocenters. The normalized spacial score (nSPS) is 10.9. The van der Waals surface area contributed by atoms with Crippen LogP contribution in [0.25, 0.3) is 0 Å². The van der Waals surface area contributed by atoms with Crippen LogP contribution in [0.3, 0.4) is 0 Å². The number of rotatable bonds is 8. The molecule has 4 nitrogen and oxygen atoms in total. The largest absolute Gasteiger partial charge is 0.369 e. The van der Waals surface area contributed by atoms with Crippen molar-refractivity contribution in [2.75, 3.05) is 18.4 Å². The molecule has 0 bridgehead atoms. The van der Waals surface area contributed by atoms with Crippen molar-refractivity contribution in [2.45, 2.75) is 33.4 Å². The van der Waals surface area contributed by atoms with E-state index in [2.05, 4.69) is 51.5 Å². The van der Waals surface area contributed by atoms with E-state index in [4.69, 9.17) is 0 Å². The molecule has 2 aromatic heterocycles. The predicted octanol–water partition coefficient (Wildman–Crippen LogP) is 3.38. The van der Waals surface area contributed by atoms with Crippen LogP contribution in [-0.4, -0.2) is 28.0 Å². The van der Waals surface area contributed by atoms with Crippen LogP contribution in [0.5, 0.6) is 0 Å². The summed E-state index contributed by atoms with van der Waals surface area (Å²) in [7, 11) is 0. The summed E-state index contributed by atoms with van der Waals surface area (Å²) < 4.78 is 0. The molecule has 2 rings (SSSR count). The van der Waals surface area contributed by atoms with E-state index in [1.54, 1.807) is 11.3 Å². The lowest BCUT2D eigenvalue weighted by molar-refractivity contribution is 0.270. The lowest BCUT2D eigenvalue weighted by Gasteiger charge is -2.19. The van der Waals surface area contributed by atoms with Crippen LogP contribution >= 0.6 is 11.3 Å². The van der Waals surface area contributed by atoms with Crippen LogP contribution in [0.4, 0.5) is 5.82 Å². The van der Waals surface area contributed by atoms with E-state index in [1.807, 2.05) is 12.4 Å². The maximum Gasteiger partial charge on any atom is 0.144 e. The lowest BCUT2D eigenvalue weighted by Crippen LogP contribution is -2.22. The maximum atomic E-state index is 4.49. The highest BCUT2D eigenvalue weighted by atomic mass is 32.1. The number of nitrogens with zero attached hydrogens (tertiary/aromatic N) is 3. The molecular weight excluding hydrogens is 268 g/mol. The van der Waals surface area contributed by atoms with Gasteiger partial charge < -0.3 is 5.32 Å². The van der Waals surface area contributed by atoms with Crippen molar-refractivity contribution in [3.8, 4) is 0 Å². The summed E-state index contributed by atoms with van der Waals surface area (Å²) in [5.74, 6) is 0.858. The van der Waals surface area contributed by atoms with Crippen LogP contribution < -0.4 is 5.32 Å². The second kappa shape index (κ2) is 7.97. The third-order valence-corrected chi connectivity index (χ3v) is 3.91. The Kier molecular flexibility index (Phi) is 5.95. The molecule has 0 amide bonds. The first-order valence-electron chi connectivity index (χ1n) is 7.11. The summed E-state index contributed by atoms with van der Waals surface area (Å²) in [4.78, 5) is 12.6. The lowest BCUT2D eigenvalue weighted by atomic mass is 10.3. The average Bonchev–Trinajstić information content (AvgIpc) is 2.99. The fourth-order valence-electron chi connectivity index (χ4n) is 1.91. The highest BCUT2D eigenvalue weighted by Crippen LogP contribution is 2.13. The van der Waals surface area contributed by atoms with E-state index in [9.17, 15) is 0 Å². The Balaban J connectivity index is 1.90. The SMILES string of the molecule is CCCNc1cnc(CN(CC)Cc2cccs2)cn1. The van der Waals surface area contributed by atoms with Crippen LogP contribution in [0.15, 0.2) is 29.9 Å². The molecule has 5 heteroatoms. The summed E-state index contributed by atoms with van der Waals surface area (Å²) in [5, 5.41) is 5.36. The Morgan fingerprint density at radius 1 is 1.20 bits per heavy atom. The minimum Gasteiger partial charge on any atom is -0.369 e. The zero-order valence-corrected chi connectivity index (χ0v) is 13.0. The van der Waals surface area contributed by atoms with E-state index in [1.165, 1.54) is 4.88 Å². The van der Waals surface area contributed by atoms with E-state index in [-0.39, 0.29) is 0 Å². The first-order valence-corrected chi connectivity index (χ1v) is 7.99. The second-order valence-electron chi connectivity index (χ2n) is 4.70. The Labute approximate surface area is 124 Å². The number of thiophene rings is 1. The molecule has 0 saturated heterocycles. The van der Waals surface area contributed by atoms with Gasteiger partial charge in [0.1, 0.15) is 5.82 Å². The Morgan fingerprint density at radius 3 is 2.70 bits per heavy atom. The molecule has 108 valence electrons. The predicted molar refractivity (Wildman–Crippen MR) is 84.9 cm³/mol. The molecule has 0 saturated carbocycles. The van der Waals surface area contributed by atoms with Crippen LogP contribution in [-0.2, 0) is 13.1 Å². The zero-order chi connectivity index (χ0) is 14.2. The minimum absolute atomic E-state index is 0.843. The van der Waals surface area contributed by atoms with Crippen LogP contribution in [0.1, 0.15) is 30.8 Å². The highest BCUT2D eigenvalue weighted by Gasteiger charge is 2.07. The first-order chi connectivity index (χ1) is 9.81. The van der Waals surface area contributed by atoms with Gasteiger partial charge in [0.25, 0.3) is 0 Å². The van der Waals surface area contributed by atoms with Gasteiger partial charge in [0, 0.05) is 24.5 Å². The molecule has 0 aliphatic rings. The van der Waals surface area contributed by atoms with Gasteiger partial charge >= 0.3 is 0 Å². The third-order valence-electron chi connectivity index (χ3n) is 3.05. The fraction of sp³-hybridized carbons (Fsp3) is 0.467. The zero-order valence-electron chi connectivity index (χ0n) is 12.2. The summed E-state index contributed by atoms with van der Waals surface area (Å²) in [6, 6.07) is 4.28. The molecule has 0 aliphatic heterocycles. The Bertz CT molecular complexity index is 481. The Morgan fingerprint density at radius 2 is 2.10 bits per heavy atom. The summed E-state index contributed by atoms with van der Waals surface area (Å²) in [6.45, 7) is 8.08. The second-order valence-corrected chi connectivity index (χ2v) is 5.73. The molecule has 0 unspecified atom stereocenters. The van der Waals surface area contributed by atoms with Crippen molar-refractivity contribution in [3.63, 3.8) is 0 Å². The molecule has 2 heterocycles. The van der Waals surface area contributed by atoms with Gasteiger partial charge in [-0.2, -0.15) is 0 Å². The quantitative estimate of drug-likeness (QED) is 0.809.